The smallest absolute Gasteiger partial charge is 0.151 e. The van der Waals surface area contributed by atoms with Gasteiger partial charge in [0.15, 0.2) is 5.78 Å². The van der Waals surface area contributed by atoms with E-state index in [-0.39, 0.29) is 12.4 Å². The number of ketones is 1. The molecule has 0 bridgehead atoms. The Kier molecular flexibility index (Phi) is 17.2. The Bertz CT molecular complexity index is 289. The summed E-state index contributed by atoms with van der Waals surface area (Å²) in [5.74, 6) is -0.00914. The Labute approximate surface area is 143 Å². The molecule has 0 unspecified atom stereocenters. The second-order valence-electron chi connectivity index (χ2n) is 6.59. The van der Waals surface area contributed by atoms with Gasteiger partial charge in [0.1, 0.15) is 0 Å². The molecular formula is C20H39NO2. The van der Waals surface area contributed by atoms with E-state index in [1.54, 1.807) is 0 Å². The topological polar surface area (TPSA) is 63.3 Å². The lowest BCUT2D eigenvalue weighted by Gasteiger charge is -2.06. The van der Waals surface area contributed by atoms with Gasteiger partial charge in [-0.15, -0.1) is 0 Å². The Morgan fingerprint density at radius 1 is 0.870 bits per heavy atom. The van der Waals surface area contributed by atoms with Crippen molar-refractivity contribution in [2.24, 2.45) is 5.73 Å². The molecule has 0 aromatic carbocycles. The molecule has 0 rings (SSSR count). The van der Waals surface area contributed by atoms with Gasteiger partial charge in [-0.3, -0.25) is 4.79 Å². The average molecular weight is 326 g/mol. The van der Waals surface area contributed by atoms with E-state index in [2.05, 4.69) is 19.1 Å². The van der Waals surface area contributed by atoms with Gasteiger partial charge in [-0.1, -0.05) is 70.4 Å². The van der Waals surface area contributed by atoms with E-state index >= 15 is 0 Å². The van der Waals surface area contributed by atoms with Crippen LogP contribution in [-0.4, -0.2) is 23.5 Å². The molecule has 0 amide bonds. The maximum absolute atomic E-state index is 11.4. The van der Waals surface area contributed by atoms with Crippen molar-refractivity contribution in [1.82, 2.24) is 0 Å². The third-order valence-corrected chi connectivity index (χ3v) is 4.30. The monoisotopic (exact) mass is 325 g/mol. The number of aliphatic hydroxyl groups is 1. The summed E-state index contributed by atoms with van der Waals surface area (Å²) in [4.78, 5) is 11.4. The number of carbonyl (C=O) groups is 1. The lowest BCUT2D eigenvalue weighted by molar-refractivity contribution is -0.121. The number of hydrogen-bond acceptors (Lipinski definition) is 3. The third-order valence-electron chi connectivity index (χ3n) is 4.30. The number of hydrogen-bond donors (Lipinski definition) is 2. The molecule has 0 saturated carbocycles. The van der Waals surface area contributed by atoms with Crippen molar-refractivity contribution in [3.8, 4) is 0 Å². The molecule has 0 heterocycles. The van der Waals surface area contributed by atoms with E-state index in [0.29, 0.717) is 6.42 Å². The quantitative estimate of drug-likeness (QED) is 0.295. The number of rotatable bonds is 17. The van der Waals surface area contributed by atoms with Gasteiger partial charge >= 0.3 is 0 Å². The predicted octanol–water partition coefficient (Wildman–Crippen LogP) is 4.91. The molecule has 0 aliphatic heterocycles. The maximum atomic E-state index is 11.4. The van der Waals surface area contributed by atoms with Crippen LogP contribution in [0.4, 0.5) is 0 Å². The van der Waals surface area contributed by atoms with Crippen molar-refractivity contribution >= 4 is 5.78 Å². The van der Waals surface area contributed by atoms with Crippen LogP contribution in [-0.2, 0) is 4.79 Å². The first-order valence-corrected chi connectivity index (χ1v) is 9.76. The lowest BCUT2D eigenvalue weighted by atomic mass is 10.0. The molecule has 0 radical (unpaired) electrons. The van der Waals surface area contributed by atoms with E-state index in [1.165, 1.54) is 70.6 Å². The van der Waals surface area contributed by atoms with Crippen LogP contribution in [0.3, 0.4) is 0 Å². The molecule has 3 nitrogen and oxygen atoms in total. The molecule has 23 heavy (non-hydrogen) atoms. The first-order valence-electron chi connectivity index (χ1n) is 9.76. The molecule has 0 aliphatic carbocycles. The Balaban J connectivity index is 3.21. The number of unbranched alkanes of at least 4 members (excludes halogenated alkanes) is 11. The number of aliphatic hydroxyl groups excluding tert-OH is 1. The molecule has 3 N–H and O–H groups in total. The molecule has 0 saturated heterocycles. The Morgan fingerprint density at radius 2 is 1.35 bits per heavy atom. The van der Waals surface area contributed by atoms with Gasteiger partial charge in [0.05, 0.1) is 12.6 Å². The van der Waals surface area contributed by atoms with Crippen molar-refractivity contribution in [2.75, 3.05) is 6.61 Å². The zero-order chi connectivity index (χ0) is 17.2. The van der Waals surface area contributed by atoms with Crippen LogP contribution in [0.2, 0.25) is 0 Å². The van der Waals surface area contributed by atoms with Crippen molar-refractivity contribution in [3.05, 3.63) is 12.2 Å². The first-order chi connectivity index (χ1) is 11.2. The average Bonchev–Trinajstić information content (AvgIpc) is 2.57. The highest BCUT2D eigenvalue weighted by Gasteiger charge is 2.10. The molecule has 0 fully saturated rings. The van der Waals surface area contributed by atoms with E-state index in [4.69, 9.17) is 10.8 Å². The van der Waals surface area contributed by atoms with E-state index in [9.17, 15) is 4.79 Å². The summed E-state index contributed by atoms with van der Waals surface area (Å²) in [7, 11) is 0. The van der Waals surface area contributed by atoms with Crippen molar-refractivity contribution in [1.29, 1.82) is 0 Å². The third kappa shape index (κ3) is 16.0. The number of nitrogens with two attached hydrogens (primary N) is 1. The summed E-state index contributed by atoms with van der Waals surface area (Å²) in [6, 6.07) is -0.674. The summed E-state index contributed by atoms with van der Waals surface area (Å²) in [5, 5.41) is 8.78. The maximum Gasteiger partial charge on any atom is 0.151 e. The normalized spacial score (nSPS) is 12.8. The van der Waals surface area contributed by atoms with E-state index in [0.717, 1.165) is 12.8 Å². The predicted molar refractivity (Wildman–Crippen MR) is 99.5 cm³/mol. The standard InChI is InChI=1S/C20H39NO2/c1-2-3-4-5-6-7-8-9-10-11-12-13-14-15-16-17-20(23)19(21)18-22/h9-10,19,22H,2-8,11-18,21H2,1H3/b10-9-/t19-/m1/s1. The van der Waals surface area contributed by atoms with Gasteiger partial charge < -0.3 is 10.8 Å². The molecule has 136 valence electrons. The van der Waals surface area contributed by atoms with Crippen molar-refractivity contribution in [3.63, 3.8) is 0 Å². The second kappa shape index (κ2) is 17.7. The minimum atomic E-state index is -0.674. The Hall–Kier alpha value is -0.670. The number of allylic oxidation sites excluding steroid dienone is 2. The molecule has 0 aromatic rings. The zero-order valence-electron chi connectivity index (χ0n) is 15.3. The molecule has 0 spiro atoms. The van der Waals surface area contributed by atoms with Crippen molar-refractivity contribution < 1.29 is 9.90 Å². The molecule has 0 aliphatic rings. The highest BCUT2D eigenvalue weighted by atomic mass is 16.3. The second-order valence-corrected chi connectivity index (χ2v) is 6.59. The van der Waals surface area contributed by atoms with E-state index < -0.39 is 6.04 Å². The van der Waals surface area contributed by atoms with Crippen LogP contribution >= 0.6 is 0 Å². The summed E-state index contributed by atoms with van der Waals surface area (Å²) in [6.45, 7) is 2.03. The van der Waals surface area contributed by atoms with Gasteiger partial charge in [-0.05, 0) is 32.1 Å². The number of Topliss-reactive ketones (excluding diaryl/α,β-unsaturated/α-hetero) is 1. The number of carbonyl (C=O) groups excluding carboxylic acids is 1. The largest absolute Gasteiger partial charge is 0.394 e. The minimum absolute atomic E-state index is 0.00914. The van der Waals surface area contributed by atoms with Crippen LogP contribution < -0.4 is 5.73 Å². The highest BCUT2D eigenvalue weighted by Crippen LogP contribution is 2.10. The lowest BCUT2D eigenvalue weighted by Crippen LogP contribution is -2.33. The van der Waals surface area contributed by atoms with Gasteiger partial charge in [0.2, 0.25) is 0 Å². The van der Waals surface area contributed by atoms with Crippen LogP contribution in [0.25, 0.3) is 0 Å². The SMILES string of the molecule is CCCCCCCC/C=C\CCCCCCCC(=O)[C@H](N)CO. The van der Waals surface area contributed by atoms with Gasteiger partial charge in [-0.2, -0.15) is 0 Å². The summed E-state index contributed by atoms with van der Waals surface area (Å²) in [5.41, 5.74) is 5.47. The molecule has 0 aromatic heterocycles. The van der Waals surface area contributed by atoms with Gasteiger partial charge in [0, 0.05) is 6.42 Å². The van der Waals surface area contributed by atoms with Crippen LogP contribution in [0.15, 0.2) is 12.2 Å². The fourth-order valence-corrected chi connectivity index (χ4v) is 2.66. The molecular weight excluding hydrogens is 286 g/mol. The summed E-state index contributed by atoms with van der Waals surface area (Å²) >= 11 is 0. The molecule has 1 atom stereocenters. The van der Waals surface area contributed by atoms with Crippen LogP contribution in [0, 0.1) is 0 Å². The van der Waals surface area contributed by atoms with Gasteiger partial charge in [0.25, 0.3) is 0 Å². The fourth-order valence-electron chi connectivity index (χ4n) is 2.66. The van der Waals surface area contributed by atoms with Crippen molar-refractivity contribution in [2.45, 2.75) is 103 Å². The highest BCUT2D eigenvalue weighted by molar-refractivity contribution is 5.83. The molecule has 3 heteroatoms. The fraction of sp³-hybridized carbons (Fsp3) is 0.850. The minimum Gasteiger partial charge on any atom is -0.394 e. The van der Waals surface area contributed by atoms with E-state index in [1.807, 2.05) is 0 Å². The van der Waals surface area contributed by atoms with Gasteiger partial charge in [-0.25, -0.2) is 0 Å². The van der Waals surface area contributed by atoms with Crippen LogP contribution in [0.1, 0.15) is 96.8 Å². The zero-order valence-corrected chi connectivity index (χ0v) is 15.3. The Morgan fingerprint density at radius 3 is 1.87 bits per heavy atom. The first kappa shape index (κ1) is 22.3. The summed E-state index contributed by atoms with van der Waals surface area (Å²) in [6.07, 6.45) is 21.5. The van der Waals surface area contributed by atoms with Crippen LogP contribution in [0.5, 0.6) is 0 Å². The summed E-state index contributed by atoms with van der Waals surface area (Å²) < 4.78 is 0.